The fourth-order valence-electron chi connectivity index (χ4n) is 1.44. The van der Waals surface area contributed by atoms with Crippen LogP contribution in [0.25, 0.3) is 0 Å². The number of anilines is 1. The summed E-state index contributed by atoms with van der Waals surface area (Å²) >= 11 is 0. The SMILES string of the molecule is NC(CCC(=O)Nc1cccc(C(=O)O)c1O)C(=O)O. The number of nitrogens with one attached hydrogen (secondary N) is 1. The summed E-state index contributed by atoms with van der Waals surface area (Å²) in [5.74, 6) is -3.67. The first-order chi connectivity index (χ1) is 9.32. The van der Waals surface area contributed by atoms with Gasteiger partial charge < -0.3 is 26.4 Å². The highest BCUT2D eigenvalue weighted by Crippen LogP contribution is 2.27. The molecule has 0 aliphatic heterocycles. The number of benzene rings is 1. The van der Waals surface area contributed by atoms with Crippen LogP contribution in [0.3, 0.4) is 0 Å². The summed E-state index contributed by atoms with van der Waals surface area (Å²) in [6.45, 7) is 0. The molecule has 0 bridgehead atoms. The van der Waals surface area contributed by atoms with Crippen molar-refractivity contribution >= 4 is 23.5 Å². The van der Waals surface area contributed by atoms with Crippen molar-refractivity contribution in [2.24, 2.45) is 5.73 Å². The van der Waals surface area contributed by atoms with Crippen molar-refractivity contribution in [2.75, 3.05) is 5.32 Å². The Bertz CT molecular complexity index is 543. The highest BCUT2D eigenvalue weighted by atomic mass is 16.4. The number of amides is 1. The first-order valence-corrected chi connectivity index (χ1v) is 5.66. The van der Waals surface area contributed by atoms with Gasteiger partial charge >= 0.3 is 11.9 Å². The Balaban J connectivity index is 2.69. The number of carbonyl (C=O) groups is 3. The van der Waals surface area contributed by atoms with E-state index >= 15 is 0 Å². The minimum atomic E-state index is -1.33. The number of aromatic carboxylic acids is 1. The second-order valence-corrected chi connectivity index (χ2v) is 4.04. The van der Waals surface area contributed by atoms with Gasteiger partial charge in [0.05, 0.1) is 5.69 Å². The third-order valence-corrected chi connectivity index (χ3v) is 2.54. The predicted molar refractivity (Wildman–Crippen MR) is 68.5 cm³/mol. The van der Waals surface area contributed by atoms with Gasteiger partial charge in [0.2, 0.25) is 5.91 Å². The van der Waals surface area contributed by atoms with Crippen molar-refractivity contribution in [3.63, 3.8) is 0 Å². The van der Waals surface area contributed by atoms with E-state index in [1.54, 1.807) is 0 Å². The van der Waals surface area contributed by atoms with Gasteiger partial charge in [0.15, 0.2) is 5.75 Å². The van der Waals surface area contributed by atoms with Gasteiger partial charge in [0.1, 0.15) is 11.6 Å². The van der Waals surface area contributed by atoms with E-state index in [1.807, 2.05) is 0 Å². The van der Waals surface area contributed by atoms with E-state index in [0.29, 0.717) is 0 Å². The Labute approximate surface area is 113 Å². The molecule has 1 atom stereocenters. The first-order valence-electron chi connectivity index (χ1n) is 5.66. The van der Waals surface area contributed by atoms with E-state index in [1.165, 1.54) is 18.2 Å². The van der Waals surface area contributed by atoms with Gasteiger partial charge in [0, 0.05) is 6.42 Å². The molecule has 1 amide bonds. The van der Waals surface area contributed by atoms with E-state index in [2.05, 4.69) is 5.32 Å². The number of hydrogen-bond acceptors (Lipinski definition) is 5. The molecular formula is C12H14N2O6. The number of aromatic hydroxyl groups is 1. The molecule has 0 saturated heterocycles. The molecule has 0 aromatic heterocycles. The van der Waals surface area contributed by atoms with E-state index < -0.39 is 29.6 Å². The number of carboxylic acids is 2. The summed E-state index contributed by atoms with van der Waals surface area (Å²) in [6, 6.07) is 2.73. The Morgan fingerprint density at radius 2 is 1.90 bits per heavy atom. The molecule has 1 aromatic carbocycles. The van der Waals surface area contributed by atoms with Crippen molar-refractivity contribution in [1.29, 1.82) is 0 Å². The van der Waals surface area contributed by atoms with Gasteiger partial charge in [-0.15, -0.1) is 0 Å². The second kappa shape index (κ2) is 6.53. The summed E-state index contributed by atoms with van der Waals surface area (Å²) in [4.78, 5) is 32.8. The Morgan fingerprint density at radius 3 is 2.45 bits per heavy atom. The first kappa shape index (κ1) is 15.4. The molecule has 6 N–H and O–H groups in total. The molecule has 0 aliphatic carbocycles. The number of carbonyl (C=O) groups excluding carboxylic acids is 1. The number of aliphatic carboxylic acids is 1. The van der Waals surface area contributed by atoms with Crippen LogP contribution in [-0.2, 0) is 9.59 Å². The molecule has 108 valence electrons. The molecule has 20 heavy (non-hydrogen) atoms. The van der Waals surface area contributed by atoms with Gasteiger partial charge in [-0.2, -0.15) is 0 Å². The van der Waals surface area contributed by atoms with Crippen LogP contribution in [0.2, 0.25) is 0 Å². The number of phenols is 1. The van der Waals surface area contributed by atoms with Crippen LogP contribution >= 0.6 is 0 Å². The summed E-state index contributed by atoms with van der Waals surface area (Å²) in [5, 5.41) is 29.3. The minimum absolute atomic E-state index is 0.0567. The van der Waals surface area contributed by atoms with Crippen LogP contribution in [0.15, 0.2) is 18.2 Å². The molecule has 0 fully saturated rings. The van der Waals surface area contributed by atoms with Gasteiger partial charge in [0.25, 0.3) is 0 Å². The Kier molecular flexibility index (Phi) is 5.04. The van der Waals surface area contributed by atoms with Crippen LogP contribution in [0, 0.1) is 0 Å². The van der Waals surface area contributed by atoms with E-state index in [-0.39, 0.29) is 24.1 Å². The average Bonchev–Trinajstić information content (AvgIpc) is 2.37. The Hall–Kier alpha value is -2.61. The number of carboxylic acid groups (broad SMARTS) is 2. The zero-order chi connectivity index (χ0) is 15.3. The highest BCUT2D eigenvalue weighted by Gasteiger charge is 2.16. The zero-order valence-corrected chi connectivity index (χ0v) is 10.4. The van der Waals surface area contributed by atoms with Gasteiger partial charge in [-0.1, -0.05) is 6.07 Å². The normalized spacial score (nSPS) is 11.7. The maximum Gasteiger partial charge on any atom is 0.339 e. The van der Waals surface area contributed by atoms with Crippen LogP contribution in [-0.4, -0.2) is 39.2 Å². The maximum atomic E-state index is 11.6. The third-order valence-electron chi connectivity index (χ3n) is 2.54. The van der Waals surface area contributed by atoms with Crippen LogP contribution in [0.4, 0.5) is 5.69 Å². The Morgan fingerprint density at radius 1 is 1.25 bits per heavy atom. The van der Waals surface area contributed by atoms with Crippen molar-refractivity contribution in [3.05, 3.63) is 23.8 Å². The molecule has 0 radical (unpaired) electrons. The van der Waals surface area contributed by atoms with Crippen LogP contribution in [0.5, 0.6) is 5.75 Å². The smallest absolute Gasteiger partial charge is 0.339 e. The lowest BCUT2D eigenvalue weighted by molar-refractivity contribution is -0.138. The molecule has 8 nitrogen and oxygen atoms in total. The summed E-state index contributed by atoms with van der Waals surface area (Å²) < 4.78 is 0. The van der Waals surface area contributed by atoms with Crippen molar-refractivity contribution in [2.45, 2.75) is 18.9 Å². The quantitative estimate of drug-likeness (QED) is 0.468. The molecule has 1 rings (SSSR count). The summed E-state index contributed by atoms with van der Waals surface area (Å²) in [5.41, 5.74) is 4.85. The lowest BCUT2D eigenvalue weighted by Crippen LogP contribution is -2.31. The van der Waals surface area contributed by atoms with E-state index in [9.17, 15) is 19.5 Å². The van der Waals surface area contributed by atoms with Crippen LogP contribution in [0.1, 0.15) is 23.2 Å². The third kappa shape index (κ3) is 3.95. The molecule has 0 heterocycles. The molecule has 0 spiro atoms. The predicted octanol–water partition coefficient (Wildman–Crippen LogP) is 0.221. The van der Waals surface area contributed by atoms with E-state index in [0.717, 1.165) is 0 Å². The topological polar surface area (TPSA) is 150 Å². The maximum absolute atomic E-state index is 11.6. The number of hydrogen-bond donors (Lipinski definition) is 5. The van der Waals surface area contributed by atoms with Crippen LogP contribution < -0.4 is 11.1 Å². The lowest BCUT2D eigenvalue weighted by Gasteiger charge is -2.10. The zero-order valence-electron chi connectivity index (χ0n) is 10.4. The standard InChI is InChI=1S/C12H14N2O6/c13-7(12(19)20)4-5-9(15)14-8-3-1-2-6(10(8)16)11(17)18/h1-3,7,16H,4-5,13H2,(H,14,15)(H,17,18)(H,19,20). The highest BCUT2D eigenvalue weighted by molar-refractivity contribution is 5.97. The van der Waals surface area contributed by atoms with Crippen molar-refractivity contribution < 1.29 is 29.7 Å². The monoisotopic (exact) mass is 282 g/mol. The largest absolute Gasteiger partial charge is 0.505 e. The fraction of sp³-hybridized carbons (Fsp3) is 0.250. The second-order valence-electron chi connectivity index (χ2n) is 4.04. The lowest BCUT2D eigenvalue weighted by atomic mass is 10.1. The molecule has 0 saturated carbocycles. The molecule has 8 heteroatoms. The number of rotatable bonds is 6. The number of para-hydroxylation sites is 1. The summed E-state index contributed by atoms with van der Waals surface area (Å²) in [7, 11) is 0. The minimum Gasteiger partial charge on any atom is -0.505 e. The summed E-state index contributed by atoms with van der Waals surface area (Å²) in [6.07, 6.45) is -0.231. The number of nitrogens with two attached hydrogens (primary N) is 1. The average molecular weight is 282 g/mol. The molecule has 0 aliphatic rings. The fourth-order valence-corrected chi connectivity index (χ4v) is 1.44. The van der Waals surface area contributed by atoms with Crippen molar-refractivity contribution in [1.82, 2.24) is 0 Å². The molecule has 1 unspecified atom stereocenters. The molecular weight excluding hydrogens is 268 g/mol. The van der Waals surface area contributed by atoms with E-state index in [4.69, 9.17) is 15.9 Å². The van der Waals surface area contributed by atoms with Gasteiger partial charge in [-0.05, 0) is 18.6 Å². The van der Waals surface area contributed by atoms with Crippen molar-refractivity contribution in [3.8, 4) is 5.75 Å². The molecule has 1 aromatic rings. The van der Waals surface area contributed by atoms with Gasteiger partial charge in [-0.25, -0.2) is 4.79 Å². The van der Waals surface area contributed by atoms with Gasteiger partial charge in [-0.3, -0.25) is 9.59 Å².